The maximum Gasteiger partial charge on any atom is 0.128 e. The van der Waals surface area contributed by atoms with Crippen molar-refractivity contribution in [2.24, 2.45) is 0 Å². The van der Waals surface area contributed by atoms with E-state index in [2.05, 4.69) is 28.6 Å². The lowest BCUT2D eigenvalue weighted by Crippen LogP contribution is -2.18. The van der Waals surface area contributed by atoms with Gasteiger partial charge in [-0.15, -0.1) is 0 Å². The highest BCUT2D eigenvalue weighted by Gasteiger charge is 2.27. The van der Waals surface area contributed by atoms with Crippen LogP contribution in [-0.4, -0.2) is 27.9 Å². The molecule has 0 aliphatic carbocycles. The van der Waals surface area contributed by atoms with Gasteiger partial charge < -0.3 is 9.80 Å². The van der Waals surface area contributed by atoms with Crippen LogP contribution in [-0.2, 0) is 6.54 Å². The van der Waals surface area contributed by atoms with Crippen molar-refractivity contribution in [3.63, 3.8) is 0 Å². The summed E-state index contributed by atoms with van der Waals surface area (Å²) in [4.78, 5) is 8.90. The van der Waals surface area contributed by atoms with Crippen LogP contribution in [0.3, 0.4) is 0 Å². The number of hydrogen-bond acceptors (Lipinski definition) is 4. The predicted octanol–water partition coefficient (Wildman–Crippen LogP) is 4.00. The van der Waals surface area contributed by atoms with Crippen molar-refractivity contribution in [2.75, 3.05) is 22.9 Å². The number of aromatic nitrogens is 3. The second-order valence-electron chi connectivity index (χ2n) is 7.02. The summed E-state index contributed by atoms with van der Waals surface area (Å²) in [6.07, 6.45) is 6.31. The van der Waals surface area contributed by atoms with Crippen LogP contribution in [0.4, 0.5) is 15.9 Å². The lowest BCUT2D eigenvalue weighted by atomic mass is 10.2. The fourth-order valence-corrected chi connectivity index (χ4v) is 3.83. The van der Waals surface area contributed by atoms with Crippen LogP contribution < -0.4 is 9.80 Å². The molecule has 0 amide bonds. The predicted molar refractivity (Wildman–Crippen MR) is 104 cm³/mol. The maximum atomic E-state index is 13.5. The average Bonchev–Trinajstić information content (AvgIpc) is 3.40. The van der Waals surface area contributed by atoms with Gasteiger partial charge in [0.15, 0.2) is 0 Å². The zero-order chi connectivity index (χ0) is 18.4. The molecule has 0 saturated carbocycles. The van der Waals surface area contributed by atoms with Crippen LogP contribution in [0.5, 0.6) is 0 Å². The summed E-state index contributed by atoms with van der Waals surface area (Å²) in [5.41, 5.74) is 4.48. The highest BCUT2D eigenvalue weighted by atomic mass is 19.1. The van der Waals surface area contributed by atoms with E-state index < -0.39 is 0 Å². The lowest BCUT2D eigenvalue weighted by Gasteiger charge is -2.20. The number of anilines is 2. The molecule has 0 atom stereocenters. The number of halogens is 1. The van der Waals surface area contributed by atoms with E-state index in [1.165, 1.54) is 25.0 Å². The molecule has 136 valence electrons. The summed E-state index contributed by atoms with van der Waals surface area (Å²) >= 11 is 0. The molecule has 27 heavy (non-hydrogen) atoms. The van der Waals surface area contributed by atoms with E-state index in [9.17, 15) is 4.39 Å². The Hall–Kier alpha value is -3.15. The minimum absolute atomic E-state index is 0.251. The molecular formula is C21H20FN5. The molecule has 4 heterocycles. The number of rotatable bonds is 3. The van der Waals surface area contributed by atoms with Gasteiger partial charge in [-0.2, -0.15) is 5.10 Å². The van der Waals surface area contributed by atoms with E-state index in [4.69, 9.17) is 5.10 Å². The molecule has 3 aromatic rings. The Morgan fingerprint density at radius 2 is 1.89 bits per heavy atom. The number of hydrogen-bond donors (Lipinski definition) is 0. The van der Waals surface area contributed by atoms with Crippen LogP contribution in [0.25, 0.3) is 11.4 Å². The fourth-order valence-electron chi connectivity index (χ4n) is 3.83. The topological polar surface area (TPSA) is 37.2 Å². The van der Waals surface area contributed by atoms with Crippen LogP contribution >= 0.6 is 0 Å². The van der Waals surface area contributed by atoms with E-state index in [0.29, 0.717) is 6.54 Å². The third-order valence-electron chi connectivity index (χ3n) is 5.28. The molecule has 0 unspecified atom stereocenters. The van der Waals surface area contributed by atoms with Gasteiger partial charge >= 0.3 is 0 Å². The molecule has 6 heteroatoms. The standard InChI is InChI=1S/C21H20FN5/c1-15-19-13-27(18-7-8-21(23-12-18)25-9-2-3-10-25)24-20(19)14-26(15)17-6-4-5-16(22)11-17/h4-8,11-13H,1-3,9-10,14H2. The van der Waals surface area contributed by atoms with Gasteiger partial charge in [0.05, 0.1) is 24.1 Å². The fraction of sp³-hybridized carbons (Fsp3) is 0.238. The quantitative estimate of drug-likeness (QED) is 0.707. The van der Waals surface area contributed by atoms with Gasteiger partial charge in [0.2, 0.25) is 0 Å². The molecule has 2 aliphatic heterocycles. The monoisotopic (exact) mass is 361 g/mol. The second kappa shape index (κ2) is 6.23. The molecule has 5 nitrogen and oxygen atoms in total. The van der Waals surface area contributed by atoms with Crippen LogP contribution in [0, 0.1) is 5.82 Å². The first-order chi connectivity index (χ1) is 13.2. The molecule has 2 aliphatic rings. The van der Waals surface area contributed by atoms with Gasteiger partial charge in [0.1, 0.15) is 11.6 Å². The smallest absolute Gasteiger partial charge is 0.128 e. The summed E-state index contributed by atoms with van der Waals surface area (Å²) in [6, 6.07) is 10.7. The Morgan fingerprint density at radius 3 is 2.59 bits per heavy atom. The SMILES string of the molecule is C=C1c2cn(-c3ccc(N4CCCC4)nc3)nc2CN1c1cccc(F)c1. The Bertz CT molecular complexity index is 1000. The van der Waals surface area contributed by atoms with Crippen molar-refractivity contribution >= 4 is 17.2 Å². The van der Waals surface area contributed by atoms with Gasteiger partial charge in [0, 0.05) is 36.2 Å². The van der Waals surface area contributed by atoms with Gasteiger partial charge in [-0.05, 0) is 43.2 Å². The normalized spacial score (nSPS) is 16.3. The molecule has 2 aromatic heterocycles. The molecule has 0 spiro atoms. The molecule has 0 bridgehead atoms. The van der Waals surface area contributed by atoms with E-state index in [1.54, 1.807) is 6.07 Å². The van der Waals surface area contributed by atoms with Gasteiger partial charge in [-0.1, -0.05) is 12.6 Å². The van der Waals surface area contributed by atoms with Gasteiger partial charge in [-0.25, -0.2) is 14.1 Å². The molecule has 5 rings (SSSR count). The summed E-state index contributed by atoms with van der Waals surface area (Å²) in [5, 5.41) is 4.70. The maximum absolute atomic E-state index is 13.5. The van der Waals surface area contributed by atoms with Crippen LogP contribution in [0.2, 0.25) is 0 Å². The Morgan fingerprint density at radius 1 is 1.04 bits per heavy atom. The lowest BCUT2D eigenvalue weighted by molar-refractivity contribution is 0.627. The third-order valence-corrected chi connectivity index (χ3v) is 5.28. The van der Waals surface area contributed by atoms with E-state index in [1.807, 2.05) is 28.0 Å². The Kier molecular flexibility index (Phi) is 3.70. The highest BCUT2D eigenvalue weighted by molar-refractivity contribution is 5.82. The minimum atomic E-state index is -0.251. The molecule has 1 saturated heterocycles. The minimum Gasteiger partial charge on any atom is -0.357 e. The number of nitrogens with zero attached hydrogens (tertiary/aromatic N) is 5. The number of benzene rings is 1. The van der Waals surface area contributed by atoms with Crippen molar-refractivity contribution in [3.8, 4) is 5.69 Å². The molecular weight excluding hydrogens is 341 g/mol. The largest absolute Gasteiger partial charge is 0.357 e. The number of pyridine rings is 1. The van der Waals surface area contributed by atoms with Crippen molar-refractivity contribution in [2.45, 2.75) is 19.4 Å². The zero-order valence-corrected chi connectivity index (χ0v) is 15.0. The van der Waals surface area contributed by atoms with Gasteiger partial charge in [-0.3, -0.25) is 0 Å². The Labute approximate surface area is 157 Å². The van der Waals surface area contributed by atoms with Crippen LogP contribution in [0.1, 0.15) is 24.1 Å². The number of fused-ring (bicyclic) bond motifs is 1. The van der Waals surface area contributed by atoms with Crippen molar-refractivity contribution < 1.29 is 4.39 Å². The average molecular weight is 361 g/mol. The molecule has 1 fully saturated rings. The summed E-state index contributed by atoms with van der Waals surface area (Å²) in [7, 11) is 0. The van der Waals surface area contributed by atoms with Crippen LogP contribution in [0.15, 0.2) is 55.4 Å². The second-order valence-corrected chi connectivity index (χ2v) is 7.02. The van der Waals surface area contributed by atoms with E-state index in [0.717, 1.165) is 47.2 Å². The van der Waals surface area contributed by atoms with Crippen molar-refractivity contribution in [1.29, 1.82) is 0 Å². The third kappa shape index (κ3) is 2.77. The summed E-state index contributed by atoms with van der Waals surface area (Å²) < 4.78 is 15.4. The van der Waals surface area contributed by atoms with E-state index >= 15 is 0 Å². The first-order valence-corrected chi connectivity index (χ1v) is 9.21. The first-order valence-electron chi connectivity index (χ1n) is 9.21. The van der Waals surface area contributed by atoms with Gasteiger partial charge in [0.25, 0.3) is 0 Å². The Balaban J connectivity index is 1.39. The van der Waals surface area contributed by atoms with E-state index in [-0.39, 0.29) is 5.82 Å². The van der Waals surface area contributed by atoms with Crippen molar-refractivity contribution in [3.05, 3.63) is 72.4 Å². The molecule has 0 radical (unpaired) electrons. The first kappa shape index (κ1) is 16.1. The zero-order valence-electron chi connectivity index (χ0n) is 15.0. The molecule has 0 N–H and O–H groups in total. The summed E-state index contributed by atoms with van der Waals surface area (Å²) in [5.74, 6) is 0.775. The highest BCUT2D eigenvalue weighted by Crippen LogP contribution is 2.35. The van der Waals surface area contributed by atoms with Crippen molar-refractivity contribution in [1.82, 2.24) is 14.8 Å². The summed E-state index contributed by atoms with van der Waals surface area (Å²) in [6.45, 7) is 6.93. The molecule has 1 aromatic carbocycles.